The Morgan fingerprint density at radius 2 is 2.26 bits per heavy atom. The number of likely N-dealkylation sites (N-methyl/N-ethyl adjacent to an activating group) is 1. The highest BCUT2D eigenvalue weighted by molar-refractivity contribution is 6.00. The van der Waals surface area contributed by atoms with Crippen molar-refractivity contribution in [1.82, 2.24) is 10.3 Å². The van der Waals surface area contributed by atoms with Crippen molar-refractivity contribution in [2.45, 2.75) is 19.1 Å². The number of amides is 1. The van der Waals surface area contributed by atoms with Crippen LogP contribution >= 0.6 is 0 Å². The monoisotopic (exact) mass is 310 g/mol. The normalized spacial score (nSPS) is 21.0. The maximum atomic E-state index is 11.9. The fourth-order valence-corrected chi connectivity index (χ4v) is 2.96. The van der Waals surface area contributed by atoms with Crippen molar-refractivity contribution in [2.75, 3.05) is 25.0 Å². The highest BCUT2D eigenvalue weighted by Crippen LogP contribution is 2.33. The second-order valence-corrected chi connectivity index (χ2v) is 5.57. The molecule has 23 heavy (non-hydrogen) atoms. The average Bonchev–Trinajstić information content (AvgIpc) is 2.59. The zero-order chi connectivity index (χ0) is 16.4. The number of hydrogen-bond donors (Lipinski definition) is 1. The van der Waals surface area contributed by atoms with Crippen molar-refractivity contribution in [2.24, 2.45) is 0 Å². The smallest absolute Gasteiger partial charge is 0.250 e. The van der Waals surface area contributed by atoms with Gasteiger partial charge in [-0.3, -0.25) is 9.78 Å². The van der Waals surface area contributed by atoms with Gasteiger partial charge in [0.05, 0.1) is 24.7 Å². The van der Waals surface area contributed by atoms with Gasteiger partial charge in [0.15, 0.2) is 6.10 Å². The Hall–Kier alpha value is -2.65. The Balaban J connectivity index is 2.03. The van der Waals surface area contributed by atoms with Gasteiger partial charge >= 0.3 is 0 Å². The molecule has 118 valence electrons. The molecule has 0 radical (unpaired) electrons. The van der Waals surface area contributed by atoms with Gasteiger partial charge in [-0.2, -0.15) is 0 Å². The standard InChI is InChI=1S/C17H18N4O2/c1-11-9-21(10-15(23-11)17(22)19-3)14-7-6-13(18-2)16-12(14)5-4-8-20-16/h4-8,11,15H,9-10H2,1,3H3,(H,19,22)/t11-,15-/m1/s1. The van der Waals surface area contributed by atoms with Gasteiger partial charge in [-0.1, -0.05) is 12.1 Å². The lowest BCUT2D eigenvalue weighted by Crippen LogP contribution is -2.52. The number of aromatic nitrogens is 1. The lowest BCUT2D eigenvalue weighted by Gasteiger charge is -2.37. The molecule has 2 atom stereocenters. The van der Waals surface area contributed by atoms with Gasteiger partial charge in [-0.05, 0) is 19.1 Å². The van der Waals surface area contributed by atoms with Gasteiger partial charge in [-0.15, -0.1) is 0 Å². The van der Waals surface area contributed by atoms with E-state index in [1.165, 1.54) is 0 Å². The van der Waals surface area contributed by atoms with E-state index >= 15 is 0 Å². The molecular formula is C17H18N4O2. The minimum absolute atomic E-state index is 0.0571. The largest absolute Gasteiger partial charge is 0.365 e. The molecule has 1 aliphatic rings. The molecular weight excluding hydrogens is 292 g/mol. The number of rotatable bonds is 2. The molecule has 1 N–H and O–H groups in total. The number of nitrogens with zero attached hydrogens (tertiary/aromatic N) is 3. The predicted molar refractivity (Wildman–Crippen MR) is 88.6 cm³/mol. The van der Waals surface area contributed by atoms with Crippen molar-refractivity contribution in [1.29, 1.82) is 0 Å². The number of carbonyl (C=O) groups excluding carboxylic acids is 1. The Bertz CT molecular complexity index is 784. The first-order chi connectivity index (χ1) is 11.1. The zero-order valence-corrected chi connectivity index (χ0v) is 13.1. The maximum absolute atomic E-state index is 11.9. The van der Waals surface area contributed by atoms with Crippen molar-refractivity contribution in [3.63, 3.8) is 0 Å². The number of fused-ring (bicyclic) bond motifs is 1. The van der Waals surface area contributed by atoms with Gasteiger partial charge in [0, 0.05) is 30.9 Å². The number of ether oxygens (including phenoxy) is 1. The van der Waals surface area contributed by atoms with E-state index in [0.29, 0.717) is 24.3 Å². The third kappa shape index (κ3) is 2.83. The van der Waals surface area contributed by atoms with E-state index in [9.17, 15) is 4.79 Å². The highest BCUT2D eigenvalue weighted by Gasteiger charge is 2.30. The van der Waals surface area contributed by atoms with Crippen LogP contribution in [0.2, 0.25) is 0 Å². The molecule has 0 bridgehead atoms. The van der Waals surface area contributed by atoms with Crippen LogP contribution in [0, 0.1) is 6.57 Å². The number of morpholine rings is 1. The fourth-order valence-electron chi connectivity index (χ4n) is 2.96. The van der Waals surface area contributed by atoms with Crippen molar-refractivity contribution in [3.8, 4) is 0 Å². The molecule has 0 saturated carbocycles. The van der Waals surface area contributed by atoms with Gasteiger partial charge in [0.1, 0.15) is 0 Å². The molecule has 2 heterocycles. The summed E-state index contributed by atoms with van der Waals surface area (Å²) in [6.45, 7) is 10.4. The van der Waals surface area contributed by atoms with Crippen LogP contribution < -0.4 is 10.2 Å². The summed E-state index contributed by atoms with van der Waals surface area (Å²) in [6.07, 6.45) is 1.13. The van der Waals surface area contributed by atoms with Gasteiger partial charge in [0.2, 0.25) is 5.69 Å². The first kappa shape index (κ1) is 15.3. The van der Waals surface area contributed by atoms with E-state index in [4.69, 9.17) is 11.3 Å². The Kier molecular flexibility index (Phi) is 4.13. The Labute approximate surface area is 134 Å². The molecule has 6 nitrogen and oxygen atoms in total. The lowest BCUT2D eigenvalue weighted by molar-refractivity contribution is -0.136. The van der Waals surface area contributed by atoms with Crippen LogP contribution in [0.15, 0.2) is 30.5 Å². The molecule has 0 aliphatic carbocycles. The minimum Gasteiger partial charge on any atom is -0.365 e. The third-order valence-electron chi connectivity index (χ3n) is 3.99. The Morgan fingerprint density at radius 1 is 1.43 bits per heavy atom. The van der Waals surface area contributed by atoms with E-state index in [2.05, 4.69) is 20.0 Å². The summed E-state index contributed by atoms with van der Waals surface area (Å²) in [7, 11) is 1.61. The van der Waals surface area contributed by atoms with Gasteiger partial charge in [0.25, 0.3) is 5.91 Å². The molecule has 1 aliphatic heterocycles. The van der Waals surface area contributed by atoms with Gasteiger partial charge in [-0.25, -0.2) is 4.85 Å². The molecule has 0 unspecified atom stereocenters. The van der Waals surface area contributed by atoms with Crippen LogP contribution in [-0.4, -0.2) is 43.2 Å². The van der Waals surface area contributed by atoms with Crippen molar-refractivity contribution >= 4 is 28.2 Å². The lowest BCUT2D eigenvalue weighted by atomic mass is 10.1. The summed E-state index contributed by atoms with van der Waals surface area (Å²) in [5, 5.41) is 3.56. The first-order valence-corrected chi connectivity index (χ1v) is 7.51. The first-order valence-electron chi connectivity index (χ1n) is 7.51. The summed E-state index contributed by atoms with van der Waals surface area (Å²) in [6, 6.07) is 7.53. The highest BCUT2D eigenvalue weighted by atomic mass is 16.5. The summed E-state index contributed by atoms with van der Waals surface area (Å²) in [5.41, 5.74) is 2.20. The molecule has 3 rings (SSSR count). The number of carbonyl (C=O) groups is 1. The number of anilines is 1. The van der Waals surface area contributed by atoms with Crippen molar-refractivity contribution in [3.05, 3.63) is 41.9 Å². The van der Waals surface area contributed by atoms with Crippen LogP contribution in [-0.2, 0) is 9.53 Å². The number of nitrogens with one attached hydrogen (secondary N) is 1. The van der Waals surface area contributed by atoms with Crippen LogP contribution in [0.1, 0.15) is 6.92 Å². The summed E-state index contributed by atoms with van der Waals surface area (Å²) in [5.74, 6) is -0.123. The molecule has 1 amide bonds. The Morgan fingerprint density at radius 3 is 3.00 bits per heavy atom. The summed E-state index contributed by atoms with van der Waals surface area (Å²) >= 11 is 0. The van der Waals surface area contributed by atoms with E-state index < -0.39 is 6.10 Å². The van der Waals surface area contributed by atoms with E-state index in [-0.39, 0.29) is 12.0 Å². The minimum atomic E-state index is -0.504. The van der Waals surface area contributed by atoms with E-state index in [0.717, 1.165) is 11.1 Å². The number of pyridine rings is 1. The maximum Gasteiger partial charge on any atom is 0.250 e. The van der Waals surface area contributed by atoms with E-state index in [1.54, 1.807) is 19.3 Å². The summed E-state index contributed by atoms with van der Waals surface area (Å²) < 4.78 is 5.73. The second kappa shape index (κ2) is 6.23. The quantitative estimate of drug-likeness (QED) is 0.863. The average molecular weight is 310 g/mol. The molecule has 0 spiro atoms. The van der Waals surface area contributed by atoms with E-state index in [1.807, 2.05) is 25.1 Å². The zero-order valence-electron chi connectivity index (χ0n) is 13.1. The molecule has 1 aromatic heterocycles. The second-order valence-electron chi connectivity index (χ2n) is 5.57. The van der Waals surface area contributed by atoms with Crippen LogP contribution in [0.4, 0.5) is 11.4 Å². The molecule has 1 fully saturated rings. The summed E-state index contributed by atoms with van der Waals surface area (Å²) in [4.78, 5) is 22.0. The van der Waals surface area contributed by atoms with Crippen LogP contribution in [0.3, 0.4) is 0 Å². The third-order valence-corrected chi connectivity index (χ3v) is 3.99. The predicted octanol–water partition coefficient (Wildman–Crippen LogP) is 2.13. The molecule has 1 aromatic carbocycles. The van der Waals surface area contributed by atoms with Crippen LogP contribution in [0.25, 0.3) is 15.7 Å². The van der Waals surface area contributed by atoms with Crippen LogP contribution in [0.5, 0.6) is 0 Å². The number of hydrogen-bond acceptors (Lipinski definition) is 4. The SMILES string of the molecule is [C-]#[N+]c1ccc(N2C[C@@H](C)O[C@@H](C(=O)NC)C2)c2cccnc12. The fraction of sp³-hybridized carbons (Fsp3) is 0.353. The topological polar surface area (TPSA) is 58.8 Å². The van der Waals surface area contributed by atoms with Crippen molar-refractivity contribution < 1.29 is 9.53 Å². The molecule has 2 aromatic rings. The van der Waals surface area contributed by atoms with Gasteiger partial charge < -0.3 is 15.0 Å². The molecule has 1 saturated heterocycles. The molecule has 6 heteroatoms. The number of benzene rings is 1.